The number of benzene rings is 1. The Morgan fingerprint density at radius 1 is 1.21 bits per heavy atom. The monoisotopic (exact) mass is 380 g/mol. The van der Waals surface area contributed by atoms with Crippen LogP contribution in [0.1, 0.15) is 18.3 Å². The first-order valence-electron chi connectivity index (χ1n) is 9.14. The minimum Gasteiger partial charge on any atom is -0.497 e. The van der Waals surface area contributed by atoms with E-state index in [-0.39, 0.29) is 18.0 Å². The van der Waals surface area contributed by atoms with Crippen molar-refractivity contribution >= 4 is 17.2 Å². The molecular weight excluding hydrogens is 356 g/mol. The molecule has 0 saturated heterocycles. The van der Waals surface area contributed by atoms with Gasteiger partial charge < -0.3 is 10.1 Å². The fraction of sp³-hybridized carbons (Fsp3) is 0.286. The number of pyridine rings is 1. The number of aryl methyl sites for hydroxylation is 1. The summed E-state index contributed by atoms with van der Waals surface area (Å²) in [7, 11) is 1.60. The molecule has 1 amide bonds. The summed E-state index contributed by atoms with van der Waals surface area (Å²) in [4.78, 5) is 31.3. The first kappa shape index (κ1) is 19.6. The molecule has 146 valence electrons. The molecule has 0 aliphatic rings. The molecule has 0 fully saturated rings. The van der Waals surface area contributed by atoms with Crippen molar-refractivity contribution in [2.24, 2.45) is 0 Å². The first-order valence-corrected chi connectivity index (χ1v) is 9.14. The van der Waals surface area contributed by atoms with Crippen LogP contribution in [0.4, 0.5) is 5.69 Å². The lowest BCUT2D eigenvalue weighted by atomic mass is 10.3. The second-order valence-electron chi connectivity index (χ2n) is 6.53. The van der Waals surface area contributed by atoms with Gasteiger partial charge in [-0.25, -0.2) is 4.98 Å². The minimum absolute atomic E-state index is 0.114. The summed E-state index contributed by atoms with van der Waals surface area (Å²) in [5, 5.41) is 2.87. The molecule has 0 aliphatic carbocycles. The van der Waals surface area contributed by atoms with Crippen molar-refractivity contribution in [1.29, 1.82) is 0 Å². The van der Waals surface area contributed by atoms with Crippen LogP contribution in [0.2, 0.25) is 0 Å². The van der Waals surface area contributed by atoms with Crippen LogP contribution >= 0.6 is 0 Å². The van der Waals surface area contributed by atoms with E-state index in [0.29, 0.717) is 30.1 Å². The standard InChI is InChI=1S/C21H24N4O3/c1-4-24(14-20(26)23-16-8-10-18(28-3)11-9-16)13-17-12-21(27)25-15(2)6-5-7-19(25)22-17/h5-12H,4,13-14H2,1-3H3,(H,23,26). The number of methoxy groups -OCH3 is 1. The van der Waals surface area contributed by atoms with Gasteiger partial charge in [0.15, 0.2) is 0 Å². The molecule has 7 nitrogen and oxygen atoms in total. The number of rotatable bonds is 7. The highest BCUT2D eigenvalue weighted by Crippen LogP contribution is 2.15. The van der Waals surface area contributed by atoms with Crippen LogP contribution in [0.15, 0.2) is 53.3 Å². The van der Waals surface area contributed by atoms with Crippen LogP contribution < -0.4 is 15.6 Å². The molecule has 0 saturated carbocycles. The third kappa shape index (κ3) is 4.55. The molecule has 0 radical (unpaired) electrons. The Bertz CT molecular complexity index is 1030. The number of nitrogens with one attached hydrogen (secondary N) is 1. The third-order valence-corrected chi connectivity index (χ3v) is 4.51. The molecule has 0 aliphatic heterocycles. The van der Waals surface area contributed by atoms with E-state index in [2.05, 4.69) is 10.3 Å². The van der Waals surface area contributed by atoms with Gasteiger partial charge in [0.2, 0.25) is 5.91 Å². The van der Waals surface area contributed by atoms with E-state index in [4.69, 9.17) is 4.74 Å². The molecule has 2 aromatic heterocycles. The van der Waals surface area contributed by atoms with Crippen LogP contribution in [0.25, 0.3) is 5.65 Å². The van der Waals surface area contributed by atoms with E-state index in [9.17, 15) is 9.59 Å². The number of hydrogen-bond donors (Lipinski definition) is 1. The number of hydrogen-bond acceptors (Lipinski definition) is 5. The van der Waals surface area contributed by atoms with E-state index in [1.807, 2.05) is 36.9 Å². The maximum absolute atomic E-state index is 12.4. The van der Waals surface area contributed by atoms with Crippen molar-refractivity contribution in [3.8, 4) is 5.75 Å². The number of carbonyl (C=O) groups excluding carboxylic acids is 1. The summed E-state index contributed by atoms with van der Waals surface area (Å²) in [6.07, 6.45) is 0. The highest BCUT2D eigenvalue weighted by molar-refractivity contribution is 5.92. The zero-order valence-electron chi connectivity index (χ0n) is 16.3. The van der Waals surface area contributed by atoms with E-state index in [1.54, 1.807) is 35.8 Å². The third-order valence-electron chi connectivity index (χ3n) is 4.51. The molecule has 3 aromatic rings. The number of ether oxygens (including phenoxy) is 1. The normalized spacial score (nSPS) is 11.0. The minimum atomic E-state index is -0.125. The second-order valence-corrected chi connectivity index (χ2v) is 6.53. The number of aromatic nitrogens is 2. The maximum atomic E-state index is 12.4. The highest BCUT2D eigenvalue weighted by atomic mass is 16.5. The Kier molecular flexibility index (Phi) is 6.06. The lowest BCUT2D eigenvalue weighted by Gasteiger charge is -2.19. The van der Waals surface area contributed by atoms with Gasteiger partial charge in [-0.05, 0) is 49.9 Å². The first-order chi connectivity index (χ1) is 13.5. The van der Waals surface area contributed by atoms with Gasteiger partial charge in [-0.2, -0.15) is 0 Å². The van der Waals surface area contributed by atoms with E-state index < -0.39 is 0 Å². The quantitative estimate of drug-likeness (QED) is 0.681. The molecular formula is C21H24N4O3. The molecule has 1 N–H and O–H groups in total. The van der Waals surface area contributed by atoms with Gasteiger partial charge in [-0.15, -0.1) is 0 Å². The summed E-state index contributed by atoms with van der Waals surface area (Å²) in [5.74, 6) is 0.609. The number of nitrogens with zero attached hydrogens (tertiary/aromatic N) is 3. The fourth-order valence-electron chi connectivity index (χ4n) is 3.03. The van der Waals surface area contributed by atoms with Gasteiger partial charge >= 0.3 is 0 Å². The number of carbonyl (C=O) groups is 1. The lowest BCUT2D eigenvalue weighted by Crippen LogP contribution is -2.33. The molecule has 0 bridgehead atoms. The number of fused-ring (bicyclic) bond motifs is 1. The summed E-state index contributed by atoms with van der Waals surface area (Å²) >= 11 is 0. The summed E-state index contributed by atoms with van der Waals surface area (Å²) in [6.45, 7) is 5.13. The van der Waals surface area contributed by atoms with E-state index >= 15 is 0 Å². The Hall–Kier alpha value is -3.19. The predicted octanol–water partition coefficient (Wildman–Crippen LogP) is 2.47. The van der Waals surface area contributed by atoms with Crippen LogP contribution in [-0.4, -0.2) is 40.4 Å². The molecule has 0 atom stereocenters. The van der Waals surface area contributed by atoms with Gasteiger partial charge in [0.1, 0.15) is 11.4 Å². The Morgan fingerprint density at radius 2 is 1.96 bits per heavy atom. The van der Waals surface area contributed by atoms with Crippen molar-refractivity contribution in [3.05, 3.63) is 70.3 Å². The number of amides is 1. The van der Waals surface area contributed by atoms with Crippen molar-refractivity contribution in [1.82, 2.24) is 14.3 Å². The average Bonchev–Trinajstić information content (AvgIpc) is 2.67. The molecule has 3 rings (SSSR count). The van der Waals surface area contributed by atoms with Gasteiger partial charge in [0.25, 0.3) is 5.56 Å². The summed E-state index contributed by atoms with van der Waals surface area (Å²) in [5.41, 5.74) is 2.69. The molecule has 0 spiro atoms. The van der Waals surface area contributed by atoms with Crippen molar-refractivity contribution in [2.45, 2.75) is 20.4 Å². The van der Waals surface area contributed by atoms with Crippen LogP contribution in [0.5, 0.6) is 5.75 Å². The number of likely N-dealkylation sites (N-methyl/N-ethyl adjacent to an activating group) is 1. The molecule has 7 heteroatoms. The molecule has 1 aromatic carbocycles. The van der Waals surface area contributed by atoms with Crippen molar-refractivity contribution in [3.63, 3.8) is 0 Å². The summed E-state index contributed by atoms with van der Waals surface area (Å²) < 4.78 is 6.69. The molecule has 28 heavy (non-hydrogen) atoms. The molecule has 2 heterocycles. The van der Waals surface area contributed by atoms with Crippen molar-refractivity contribution < 1.29 is 9.53 Å². The largest absolute Gasteiger partial charge is 0.497 e. The van der Waals surface area contributed by atoms with Gasteiger partial charge in [0.05, 0.1) is 19.3 Å². The van der Waals surface area contributed by atoms with Crippen LogP contribution in [-0.2, 0) is 11.3 Å². The summed E-state index contributed by atoms with van der Waals surface area (Å²) in [6, 6.07) is 14.3. The zero-order chi connectivity index (χ0) is 20.1. The lowest BCUT2D eigenvalue weighted by molar-refractivity contribution is -0.117. The van der Waals surface area contributed by atoms with E-state index in [1.165, 1.54) is 6.07 Å². The van der Waals surface area contributed by atoms with Gasteiger partial charge in [-0.3, -0.25) is 18.9 Å². The number of anilines is 1. The highest BCUT2D eigenvalue weighted by Gasteiger charge is 2.12. The van der Waals surface area contributed by atoms with Gasteiger partial charge in [0, 0.05) is 24.0 Å². The SMILES string of the molecule is CCN(CC(=O)Nc1ccc(OC)cc1)Cc1cc(=O)n2c(C)cccc2n1. The fourth-order valence-corrected chi connectivity index (χ4v) is 3.03. The van der Waals surface area contributed by atoms with Crippen molar-refractivity contribution in [2.75, 3.05) is 25.5 Å². The Balaban J connectivity index is 1.69. The van der Waals surface area contributed by atoms with Crippen LogP contribution in [0.3, 0.4) is 0 Å². The zero-order valence-corrected chi connectivity index (χ0v) is 16.3. The smallest absolute Gasteiger partial charge is 0.258 e. The van der Waals surface area contributed by atoms with Crippen LogP contribution in [0, 0.1) is 6.92 Å². The predicted molar refractivity (Wildman–Crippen MR) is 109 cm³/mol. The van der Waals surface area contributed by atoms with E-state index in [0.717, 1.165) is 11.4 Å². The topological polar surface area (TPSA) is 75.9 Å². The maximum Gasteiger partial charge on any atom is 0.258 e. The molecule has 0 unspecified atom stereocenters. The van der Waals surface area contributed by atoms with Gasteiger partial charge in [-0.1, -0.05) is 13.0 Å². The Labute approximate surface area is 163 Å². The average molecular weight is 380 g/mol. The Morgan fingerprint density at radius 3 is 2.64 bits per heavy atom. The second kappa shape index (κ2) is 8.67.